The highest BCUT2D eigenvalue weighted by atomic mass is 16.2. The zero-order valence-corrected chi connectivity index (χ0v) is 17.9. The quantitative estimate of drug-likeness (QED) is 0.370. The van der Waals surface area contributed by atoms with Gasteiger partial charge in [0.1, 0.15) is 5.69 Å². The van der Waals surface area contributed by atoms with Crippen LogP contribution in [0.5, 0.6) is 0 Å². The summed E-state index contributed by atoms with van der Waals surface area (Å²) in [6.07, 6.45) is 5.98. The Morgan fingerprint density at radius 2 is 1.41 bits per heavy atom. The highest BCUT2D eigenvalue weighted by Gasteiger charge is 2.12. The molecule has 5 heteroatoms. The van der Waals surface area contributed by atoms with Crippen molar-refractivity contribution in [1.29, 1.82) is 0 Å². The van der Waals surface area contributed by atoms with E-state index in [0.29, 0.717) is 25.3 Å². The third kappa shape index (κ3) is 6.25. The molecule has 1 aromatic heterocycles. The molecule has 0 spiro atoms. The smallest absolute Gasteiger partial charge is 0.246 e. The lowest BCUT2D eigenvalue weighted by Crippen LogP contribution is -2.31. The van der Waals surface area contributed by atoms with Crippen LogP contribution in [0.25, 0.3) is 6.08 Å². The van der Waals surface area contributed by atoms with Gasteiger partial charge >= 0.3 is 0 Å². The molecule has 0 bridgehead atoms. The number of benzene rings is 3. The first-order valence-electron chi connectivity index (χ1n) is 10.8. The van der Waals surface area contributed by atoms with Crippen LogP contribution < -0.4 is 0 Å². The van der Waals surface area contributed by atoms with Crippen molar-refractivity contribution in [3.8, 4) is 0 Å². The number of hydrogen-bond acceptors (Lipinski definition) is 3. The first-order chi connectivity index (χ1) is 15.8. The molecule has 0 aliphatic heterocycles. The van der Waals surface area contributed by atoms with Gasteiger partial charge in [-0.2, -0.15) is 0 Å². The molecule has 0 radical (unpaired) electrons. The third-order valence-electron chi connectivity index (χ3n) is 5.18. The van der Waals surface area contributed by atoms with Crippen LogP contribution in [0.4, 0.5) is 0 Å². The van der Waals surface area contributed by atoms with Gasteiger partial charge in [-0.3, -0.25) is 4.79 Å². The molecule has 4 rings (SSSR count). The molecular formula is C27H26N4O. The normalized spacial score (nSPS) is 11.0. The highest BCUT2D eigenvalue weighted by molar-refractivity contribution is 5.91. The van der Waals surface area contributed by atoms with Gasteiger partial charge in [-0.25, -0.2) is 4.68 Å². The van der Waals surface area contributed by atoms with E-state index >= 15 is 0 Å². The number of hydrogen-bond donors (Lipinski definition) is 0. The molecule has 0 fully saturated rings. The van der Waals surface area contributed by atoms with Crippen LogP contribution in [-0.4, -0.2) is 32.3 Å². The van der Waals surface area contributed by atoms with Crippen molar-refractivity contribution in [1.82, 2.24) is 19.9 Å². The van der Waals surface area contributed by atoms with E-state index in [1.54, 1.807) is 16.8 Å². The van der Waals surface area contributed by atoms with E-state index < -0.39 is 0 Å². The molecule has 0 aliphatic carbocycles. The molecule has 0 N–H and O–H groups in total. The zero-order valence-electron chi connectivity index (χ0n) is 17.9. The standard InChI is InChI=1S/C27H26N4O/c32-27(17-16-26-22-31(29-28-26)21-25-14-8-3-9-15-25)30(20-24-12-6-2-7-13-24)19-18-23-10-4-1-5-11-23/h1-17,22H,18-21H2/b17-16+. The fourth-order valence-electron chi connectivity index (χ4n) is 3.48. The molecule has 0 atom stereocenters. The summed E-state index contributed by atoms with van der Waals surface area (Å²) in [6, 6.07) is 30.4. The fourth-order valence-corrected chi connectivity index (χ4v) is 3.48. The Morgan fingerprint density at radius 1 is 0.812 bits per heavy atom. The van der Waals surface area contributed by atoms with E-state index in [4.69, 9.17) is 0 Å². The minimum Gasteiger partial charge on any atom is -0.335 e. The van der Waals surface area contributed by atoms with Crippen LogP contribution in [0.3, 0.4) is 0 Å². The average Bonchev–Trinajstić information content (AvgIpc) is 3.29. The molecule has 1 amide bonds. The van der Waals surface area contributed by atoms with Crippen molar-refractivity contribution in [3.63, 3.8) is 0 Å². The van der Waals surface area contributed by atoms with Gasteiger partial charge in [-0.1, -0.05) is 96.2 Å². The summed E-state index contributed by atoms with van der Waals surface area (Å²) in [4.78, 5) is 14.9. The number of amides is 1. The van der Waals surface area contributed by atoms with Gasteiger partial charge in [-0.05, 0) is 29.2 Å². The van der Waals surface area contributed by atoms with Gasteiger partial charge in [0.25, 0.3) is 0 Å². The van der Waals surface area contributed by atoms with E-state index in [1.165, 1.54) is 5.56 Å². The van der Waals surface area contributed by atoms with E-state index in [9.17, 15) is 4.79 Å². The van der Waals surface area contributed by atoms with Gasteiger partial charge in [0.05, 0.1) is 12.7 Å². The summed E-state index contributed by atoms with van der Waals surface area (Å²) in [5.41, 5.74) is 4.14. The molecular weight excluding hydrogens is 396 g/mol. The average molecular weight is 423 g/mol. The molecule has 0 aliphatic rings. The van der Waals surface area contributed by atoms with E-state index in [2.05, 4.69) is 34.6 Å². The first-order valence-corrected chi connectivity index (χ1v) is 10.8. The summed E-state index contributed by atoms with van der Waals surface area (Å²) < 4.78 is 1.77. The predicted molar refractivity (Wildman–Crippen MR) is 127 cm³/mol. The molecule has 0 unspecified atom stereocenters. The molecule has 5 nitrogen and oxygen atoms in total. The number of carbonyl (C=O) groups excluding carboxylic acids is 1. The highest BCUT2D eigenvalue weighted by Crippen LogP contribution is 2.09. The van der Waals surface area contributed by atoms with Gasteiger partial charge in [0, 0.05) is 19.2 Å². The summed E-state index contributed by atoms with van der Waals surface area (Å²) >= 11 is 0. The predicted octanol–water partition coefficient (Wildman–Crippen LogP) is 4.61. The Bertz CT molecular complexity index is 1140. The van der Waals surface area contributed by atoms with Crippen LogP contribution in [0.2, 0.25) is 0 Å². The Hall–Kier alpha value is -3.99. The van der Waals surface area contributed by atoms with E-state index in [0.717, 1.165) is 17.5 Å². The van der Waals surface area contributed by atoms with Gasteiger partial charge in [0.2, 0.25) is 5.91 Å². The van der Waals surface area contributed by atoms with Gasteiger partial charge in [0.15, 0.2) is 0 Å². The Balaban J connectivity index is 1.42. The van der Waals surface area contributed by atoms with Gasteiger partial charge < -0.3 is 4.90 Å². The monoisotopic (exact) mass is 422 g/mol. The second kappa shape index (κ2) is 10.9. The summed E-state index contributed by atoms with van der Waals surface area (Å²) in [7, 11) is 0. The second-order valence-electron chi connectivity index (χ2n) is 7.64. The topological polar surface area (TPSA) is 51.0 Å². The number of carbonyl (C=O) groups is 1. The maximum atomic E-state index is 13.0. The Morgan fingerprint density at radius 3 is 2.06 bits per heavy atom. The molecule has 3 aromatic carbocycles. The molecule has 0 saturated carbocycles. The molecule has 4 aromatic rings. The lowest BCUT2D eigenvalue weighted by atomic mass is 10.1. The first kappa shape index (κ1) is 21.2. The lowest BCUT2D eigenvalue weighted by molar-refractivity contribution is -0.126. The van der Waals surface area contributed by atoms with Crippen molar-refractivity contribution >= 4 is 12.0 Å². The van der Waals surface area contributed by atoms with Crippen molar-refractivity contribution in [2.24, 2.45) is 0 Å². The summed E-state index contributed by atoms with van der Waals surface area (Å²) in [5.74, 6) is -0.0395. The molecule has 1 heterocycles. The van der Waals surface area contributed by atoms with Crippen molar-refractivity contribution in [2.75, 3.05) is 6.54 Å². The summed E-state index contributed by atoms with van der Waals surface area (Å²) in [6.45, 7) is 1.85. The Labute approximate surface area is 188 Å². The molecule has 32 heavy (non-hydrogen) atoms. The van der Waals surface area contributed by atoms with Crippen molar-refractivity contribution < 1.29 is 4.79 Å². The van der Waals surface area contributed by atoms with Crippen LogP contribution in [0, 0.1) is 0 Å². The maximum absolute atomic E-state index is 13.0. The SMILES string of the molecule is O=C(/C=C/c1cn(Cc2ccccc2)nn1)N(CCc1ccccc1)Cc1ccccc1. The zero-order chi connectivity index (χ0) is 22.0. The number of aromatic nitrogens is 3. The van der Waals surface area contributed by atoms with E-state index in [-0.39, 0.29) is 5.91 Å². The fraction of sp³-hybridized carbons (Fsp3) is 0.148. The number of nitrogens with zero attached hydrogens (tertiary/aromatic N) is 4. The van der Waals surface area contributed by atoms with Crippen molar-refractivity contribution in [3.05, 3.63) is 126 Å². The third-order valence-corrected chi connectivity index (χ3v) is 5.18. The second-order valence-corrected chi connectivity index (χ2v) is 7.64. The van der Waals surface area contributed by atoms with Crippen LogP contribution in [0.15, 0.2) is 103 Å². The molecule has 160 valence electrons. The van der Waals surface area contributed by atoms with Crippen LogP contribution >= 0.6 is 0 Å². The minimum atomic E-state index is -0.0395. The largest absolute Gasteiger partial charge is 0.335 e. The maximum Gasteiger partial charge on any atom is 0.246 e. The number of rotatable bonds is 9. The van der Waals surface area contributed by atoms with Crippen LogP contribution in [-0.2, 0) is 24.3 Å². The lowest BCUT2D eigenvalue weighted by Gasteiger charge is -2.21. The minimum absolute atomic E-state index is 0.0395. The van der Waals surface area contributed by atoms with Crippen LogP contribution in [0.1, 0.15) is 22.4 Å². The van der Waals surface area contributed by atoms with Crippen molar-refractivity contribution in [2.45, 2.75) is 19.5 Å². The summed E-state index contributed by atoms with van der Waals surface area (Å²) in [5, 5.41) is 8.35. The van der Waals surface area contributed by atoms with E-state index in [1.807, 2.05) is 77.8 Å². The Kier molecular flexibility index (Phi) is 7.21. The van der Waals surface area contributed by atoms with Gasteiger partial charge in [-0.15, -0.1) is 5.10 Å². The molecule has 0 saturated heterocycles.